The lowest BCUT2D eigenvalue weighted by atomic mass is 10.2. The fourth-order valence-electron chi connectivity index (χ4n) is 1.65. The van der Waals surface area contributed by atoms with Crippen molar-refractivity contribution in [2.24, 2.45) is 0 Å². The maximum Gasteiger partial charge on any atom is 0.128 e. The van der Waals surface area contributed by atoms with Crippen LogP contribution in [0.4, 0.5) is 14.5 Å². The summed E-state index contributed by atoms with van der Waals surface area (Å²) in [7, 11) is 0. The van der Waals surface area contributed by atoms with Gasteiger partial charge in [-0.3, -0.25) is 0 Å². The van der Waals surface area contributed by atoms with Gasteiger partial charge in [-0.1, -0.05) is 12.1 Å². The third kappa shape index (κ3) is 2.88. The largest absolute Gasteiger partial charge is 0.380 e. The minimum absolute atomic E-state index is 0.242. The van der Waals surface area contributed by atoms with E-state index >= 15 is 0 Å². The lowest BCUT2D eigenvalue weighted by Gasteiger charge is -2.11. The first-order valence-electron chi connectivity index (χ1n) is 5.51. The maximum atomic E-state index is 13.4. The molecule has 0 amide bonds. The van der Waals surface area contributed by atoms with Gasteiger partial charge in [-0.05, 0) is 52.7 Å². The summed E-state index contributed by atoms with van der Waals surface area (Å²) in [4.78, 5) is 0. The van der Waals surface area contributed by atoms with E-state index < -0.39 is 11.6 Å². The van der Waals surface area contributed by atoms with Gasteiger partial charge in [-0.25, -0.2) is 8.78 Å². The Morgan fingerprint density at radius 2 is 1.94 bits per heavy atom. The lowest BCUT2D eigenvalue weighted by Crippen LogP contribution is -2.03. The van der Waals surface area contributed by atoms with E-state index in [9.17, 15) is 8.78 Å². The van der Waals surface area contributed by atoms with Crippen molar-refractivity contribution in [1.29, 1.82) is 0 Å². The van der Waals surface area contributed by atoms with Crippen LogP contribution >= 0.6 is 15.9 Å². The minimum Gasteiger partial charge on any atom is -0.380 e. The van der Waals surface area contributed by atoms with E-state index in [-0.39, 0.29) is 6.54 Å². The number of anilines is 1. The summed E-state index contributed by atoms with van der Waals surface area (Å²) in [6, 6.07) is 9.21. The fraction of sp³-hybridized carbons (Fsp3) is 0.143. The van der Waals surface area contributed by atoms with Crippen LogP contribution in [0.5, 0.6) is 0 Å². The third-order valence-corrected chi connectivity index (χ3v) is 3.72. The normalized spacial score (nSPS) is 10.4. The Morgan fingerprint density at radius 3 is 2.72 bits per heavy atom. The average Bonchev–Trinajstić information content (AvgIpc) is 2.35. The van der Waals surface area contributed by atoms with Crippen molar-refractivity contribution in [3.05, 3.63) is 63.6 Å². The monoisotopic (exact) mass is 311 g/mol. The molecule has 0 radical (unpaired) electrons. The topological polar surface area (TPSA) is 12.0 Å². The van der Waals surface area contributed by atoms with Crippen LogP contribution in [-0.2, 0) is 6.54 Å². The molecule has 94 valence electrons. The molecule has 0 atom stereocenters. The van der Waals surface area contributed by atoms with E-state index in [4.69, 9.17) is 0 Å². The van der Waals surface area contributed by atoms with Crippen LogP contribution in [-0.4, -0.2) is 0 Å². The van der Waals surface area contributed by atoms with Crippen LogP contribution < -0.4 is 5.32 Å². The molecule has 4 heteroatoms. The van der Waals surface area contributed by atoms with Gasteiger partial charge in [0.15, 0.2) is 0 Å². The van der Waals surface area contributed by atoms with Crippen molar-refractivity contribution >= 4 is 21.6 Å². The van der Waals surface area contributed by atoms with Crippen molar-refractivity contribution in [2.75, 3.05) is 5.32 Å². The summed E-state index contributed by atoms with van der Waals surface area (Å²) < 4.78 is 27.4. The fourth-order valence-corrected chi connectivity index (χ4v) is 2.06. The predicted octanol–water partition coefficient (Wildman–Crippen LogP) is 4.65. The summed E-state index contributed by atoms with van der Waals surface area (Å²) in [6.45, 7) is 2.21. The molecule has 0 spiro atoms. The minimum atomic E-state index is -0.434. The van der Waals surface area contributed by atoms with Gasteiger partial charge in [0, 0.05) is 22.3 Å². The first kappa shape index (κ1) is 13.0. The second kappa shape index (κ2) is 5.48. The zero-order chi connectivity index (χ0) is 13.1. The molecule has 0 saturated carbocycles. The van der Waals surface area contributed by atoms with Crippen molar-refractivity contribution in [3.8, 4) is 0 Å². The van der Waals surface area contributed by atoms with Gasteiger partial charge in [-0.15, -0.1) is 0 Å². The molecule has 0 saturated heterocycles. The molecule has 0 fully saturated rings. The number of benzene rings is 2. The van der Waals surface area contributed by atoms with E-state index in [0.29, 0.717) is 5.56 Å². The number of aryl methyl sites for hydroxylation is 1. The summed E-state index contributed by atoms with van der Waals surface area (Å²) >= 11 is 3.46. The molecule has 18 heavy (non-hydrogen) atoms. The van der Waals surface area contributed by atoms with Crippen molar-refractivity contribution in [2.45, 2.75) is 13.5 Å². The number of nitrogens with one attached hydrogen (secondary N) is 1. The van der Waals surface area contributed by atoms with Crippen LogP contribution in [0.2, 0.25) is 0 Å². The van der Waals surface area contributed by atoms with Gasteiger partial charge >= 0.3 is 0 Å². The van der Waals surface area contributed by atoms with Crippen LogP contribution in [0.3, 0.4) is 0 Å². The Kier molecular flexibility index (Phi) is 3.97. The third-order valence-electron chi connectivity index (χ3n) is 2.67. The molecule has 0 heterocycles. The lowest BCUT2D eigenvalue weighted by molar-refractivity contribution is 0.587. The smallest absolute Gasteiger partial charge is 0.128 e. The Hall–Kier alpha value is -1.42. The summed E-state index contributed by atoms with van der Waals surface area (Å²) in [6.07, 6.45) is 0. The van der Waals surface area contributed by atoms with E-state index in [1.54, 1.807) is 0 Å². The Balaban J connectivity index is 2.16. The van der Waals surface area contributed by atoms with Crippen LogP contribution in [0, 0.1) is 18.6 Å². The Morgan fingerprint density at radius 1 is 1.17 bits per heavy atom. The molecular weight excluding hydrogens is 300 g/mol. The van der Waals surface area contributed by atoms with E-state index in [1.165, 1.54) is 6.07 Å². The molecule has 2 rings (SSSR count). The first-order valence-corrected chi connectivity index (χ1v) is 6.30. The van der Waals surface area contributed by atoms with Gasteiger partial charge in [0.2, 0.25) is 0 Å². The van der Waals surface area contributed by atoms with Gasteiger partial charge in [0.05, 0.1) is 0 Å². The second-order valence-electron chi connectivity index (χ2n) is 4.03. The molecule has 0 aliphatic rings. The van der Waals surface area contributed by atoms with Crippen LogP contribution in [0.15, 0.2) is 40.9 Å². The molecule has 0 aromatic heterocycles. The highest BCUT2D eigenvalue weighted by Crippen LogP contribution is 2.26. The second-order valence-corrected chi connectivity index (χ2v) is 4.82. The number of hydrogen-bond acceptors (Lipinski definition) is 1. The molecule has 0 unspecified atom stereocenters. The highest BCUT2D eigenvalue weighted by molar-refractivity contribution is 9.10. The van der Waals surface area contributed by atoms with Crippen LogP contribution in [0.1, 0.15) is 11.1 Å². The van der Waals surface area contributed by atoms with E-state index in [0.717, 1.165) is 27.9 Å². The van der Waals surface area contributed by atoms with E-state index in [1.807, 2.05) is 25.1 Å². The van der Waals surface area contributed by atoms with Gasteiger partial charge < -0.3 is 5.32 Å². The number of halogens is 3. The molecule has 1 nitrogen and oxygen atoms in total. The Labute approximate surface area is 113 Å². The molecule has 2 aromatic carbocycles. The van der Waals surface area contributed by atoms with Gasteiger partial charge in [0.25, 0.3) is 0 Å². The average molecular weight is 312 g/mol. The summed E-state index contributed by atoms with van der Waals surface area (Å²) in [5, 5.41) is 3.08. The zero-order valence-electron chi connectivity index (χ0n) is 9.81. The Bertz CT molecular complexity index is 568. The highest BCUT2D eigenvalue weighted by atomic mass is 79.9. The van der Waals surface area contributed by atoms with Crippen LogP contribution in [0.25, 0.3) is 0 Å². The van der Waals surface area contributed by atoms with Gasteiger partial charge in [-0.2, -0.15) is 0 Å². The SMILES string of the molecule is Cc1cccc(NCc2cc(F)ccc2F)c1Br. The van der Waals surface area contributed by atoms with E-state index in [2.05, 4.69) is 21.2 Å². The number of hydrogen-bond donors (Lipinski definition) is 1. The standard InChI is InChI=1S/C14H12BrF2N/c1-9-3-2-4-13(14(9)15)18-8-10-7-11(16)5-6-12(10)17/h2-7,18H,8H2,1H3. The summed E-state index contributed by atoms with van der Waals surface area (Å²) in [5.41, 5.74) is 2.25. The quantitative estimate of drug-likeness (QED) is 0.870. The first-order chi connectivity index (χ1) is 8.58. The maximum absolute atomic E-state index is 13.4. The zero-order valence-corrected chi connectivity index (χ0v) is 11.4. The van der Waals surface area contributed by atoms with Crippen molar-refractivity contribution in [3.63, 3.8) is 0 Å². The molecule has 0 aliphatic carbocycles. The van der Waals surface area contributed by atoms with Crippen molar-refractivity contribution < 1.29 is 8.78 Å². The molecule has 1 N–H and O–H groups in total. The molecule has 2 aromatic rings. The summed E-state index contributed by atoms with van der Waals surface area (Å²) in [5.74, 6) is -0.843. The van der Waals surface area contributed by atoms with Crippen molar-refractivity contribution in [1.82, 2.24) is 0 Å². The predicted molar refractivity (Wildman–Crippen MR) is 72.6 cm³/mol. The number of rotatable bonds is 3. The molecular formula is C14H12BrF2N. The molecule has 0 aliphatic heterocycles. The van der Waals surface area contributed by atoms with Gasteiger partial charge in [0.1, 0.15) is 11.6 Å². The molecule has 0 bridgehead atoms. The highest BCUT2D eigenvalue weighted by Gasteiger charge is 2.06.